The number of benzene rings is 1. The minimum Gasteiger partial charge on any atom is -0.382 e. The number of aromatic nitrogens is 2. The third-order valence-electron chi connectivity index (χ3n) is 2.28. The summed E-state index contributed by atoms with van der Waals surface area (Å²) in [5.74, 6) is 0.361. The summed E-state index contributed by atoms with van der Waals surface area (Å²) in [4.78, 5) is 10.2. The van der Waals surface area contributed by atoms with Gasteiger partial charge in [0.15, 0.2) is 0 Å². The number of nitro groups is 1. The van der Waals surface area contributed by atoms with E-state index in [1.165, 1.54) is 16.8 Å². The molecule has 0 spiro atoms. The van der Waals surface area contributed by atoms with Crippen molar-refractivity contribution in [2.24, 2.45) is 0 Å². The number of nitrogen functional groups attached to an aromatic ring is 1. The maximum absolute atomic E-state index is 10.8. The maximum atomic E-state index is 10.8. The van der Waals surface area contributed by atoms with Crippen molar-refractivity contribution in [2.75, 3.05) is 5.73 Å². The zero-order chi connectivity index (χ0) is 12.6. The molecule has 17 heavy (non-hydrogen) atoms. The minimum absolute atomic E-state index is 0.0940. The molecule has 88 valence electrons. The molecule has 0 atom stereocenters. The van der Waals surface area contributed by atoms with Crippen molar-refractivity contribution in [1.29, 1.82) is 0 Å². The molecule has 0 aliphatic heterocycles. The van der Waals surface area contributed by atoms with E-state index < -0.39 is 4.92 Å². The van der Waals surface area contributed by atoms with E-state index >= 15 is 0 Å². The highest BCUT2D eigenvalue weighted by atomic mass is 35.5. The largest absolute Gasteiger partial charge is 0.382 e. The summed E-state index contributed by atoms with van der Waals surface area (Å²) in [5.41, 5.74) is 6.74. The predicted octanol–water partition coefficient (Wildman–Crippen LogP) is 2.32. The Balaban J connectivity index is 2.57. The van der Waals surface area contributed by atoms with Crippen molar-refractivity contribution >= 4 is 23.1 Å². The second kappa shape index (κ2) is 4.06. The first-order chi connectivity index (χ1) is 7.99. The summed E-state index contributed by atoms with van der Waals surface area (Å²) in [6.45, 7) is 1.81. The van der Waals surface area contributed by atoms with Crippen LogP contribution in [0.25, 0.3) is 5.69 Å². The zero-order valence-electron chi connectivity index (χ0n) is 8.92. The van der Waals surface area contributed by atoms with Crippen molar-refractivity contribution in [2.45, 2.75) is 6.92 Å². The van der Waals surface area contributed by atoms with Gasteiger partial charge in [-0.2, -0.15) is 5.10 Å². The Kier molecular flexibility index (Phi) is 2.72. The maximum Gasteiger partial charge on any atom is 0.290 e. The van der Waals surface area contributed by atoms with Crippen molar-refractivity contribution in [3.63, 3.8) is 0 Å². The molecule has 1 heterocycles. The van der Waals surface area contributed by atoms with Crippen molar-refractivity contribution in [3.8, 4) is 5.69 Å². The molecule has 0 bridgehead atoms. The predicted molar refractivity (Wildman–Crippen MR) is 64.4 cm³/mol. The van der Waals surface area contributed by atoms with Crippen LogP contribution in [0.4, 0.5) is 11.5 Å². The van der Waals surface area contributed by atoms with Gasteiger partial charge in [0.2, 0.25) is 0 Å². The summed E-state index contributed by atoms with van der Waals surface area (Å²) in [6.07, 6.45) is 0. The number of nitrogens with two attached hydrogens (primary N) is 1. The van der Waals surface area contributed by atoms with Gasteiger partial charge in [-0.05, 0) is 19.1 Å². The number of anilines is 1. The summed E-state index contributed by atoms with van der Waals surface area (Å²) in [5, 5.41) is 14.9. The number of nitrogens with zero attached hydrogens (tertiary/aromatic N) is 3. The summed E-state index contributed by atoms with van der Waals surface area (Å²) in [7, 11) is 0. The SMILES string of the molecule is Cc1cc(N)nn1-c1ccc(Cl)c([N+](=O)[O-])c1. The number of aryl methyl sites for hydroxylation is 1. The van der Waals surface area contributed by atoms with Gasteiger partial charge in [0.05, 0.1) is 10.6 Å². The van der Waals surface area contributed by atoms with E-state index in [-0.39, 0.29) is 10.7 Å². The molecule has 0 saturated heterocycles. The van der Waals surface area contributed by atoms with E-state index in [9.17, 15) is 10.1 Å². The minimum atomic E-state index is -0.534. The van der Waals surface area contributed by atoms with Crippen molar-refractivity contribution in [3.05, 3.63) is 45.1 Å². The first-order valence-electron chi connectivity index (χ1n) is 4.75. The number of hydrogen-bond acceptors (Lipinski definition) is 4. The van der Waals surface area contributed by atoms with Crippen LogP contribution in [0.1, 0.15) is 5.69 Å². The van der Waals surface area contributed by atoms with Gasteiger partial charge in [0, 0.05) is 17.8 Å². The highest BCUT2D eigenvalue weighted by Gasteiger charge is 2.14. The summed E-state index contributed by atoms with van der Waals surface area (Å²) < 4.78 is 1.53. The molecule has 1 aromatic carbocycles. The highest BCUT2D eigenvalue weighted by molar-refractivity contribution is 6.32. The number of rotatable bonds is 2. The Morgan fingerprint density at radius 1 is 1.47 bits per heavy atom. The van der Waals surface area contributed by atoms with Crippen LogP contribution in [0.2, 0.25) is 5.02 Å². The molecule has 2 rings (SSSR count). The van der Waals surface area contributed by atoms with E-state index in [2.05, 4.69) is 5.10 Å². The molecule has 6 nitrogen and oxygen atoms in total. The molecular formula is C10H9ClN4O2. The van der Waals surface area contributed by atoms with Gasteiger partial charge in [-0.25, -0.2) is 4.68 Å². The van der Waals surface area contributed by atoms with Gasteiger partial charge >= 0.3 is 0 Å². The smallest absolute Gasteiger partial charge is 0.290 e. The lowest BCUT2D eigenvalue weighted by Crippen LogP contribution is -2.00. The van der Waals surface area contributed by atoms with E-state index in [0.29, 0.717) is 11.5 Å². The van der Waals surface area contributed by atoms with Gasteiger partial charge < -0.3 is 5.73 Å². The normalized spacial score (nSPS) is 10.5. The Hall–Kier alpha value is -2.08. The molecule has 0 aliphatic rings. The van der Waals surface area contributed by atoms with Gasteiger partial charge in [0.1, 0.15) is 10.8 Å². The first kappa shape index (κ1) is 11.4. The quantitative estimate of drug-likeness (QED) is 0.656. The van der Waals surface area contributed by atoms with Gasteiger partial charge in [-0.3, -0.25) is 10.1 Å². The molecule has 2 N–H and O–H groups in total. The van der Waals surface area contributed by atoms with E-state index in [0.717, 1.165) is 5.69 Å². The lowest BCUT2D eigenvalue weighted by molar-refractivity contribution is -0.384. The average Bonchev–Trinajstić information content (AvgIpc) is 2.58. The average molecular weight is 253 g/mol. The molecule has 0 unspecified atom stereocenters. The van der Waals surface area contributed by atoms with Crippen LogP contribution in [-0.4, -0.2) is 14.7 Å². The molecular weight excluding hydrogens is 244 g/mol. The van der Waals surface area contributed by atoms with Crippen LogP contribution >= 0.6 is 11.6 Å². The highest BCUT2D eigenvalue weighted by Crippen LogP contribution is 2.27. The fraction of sp³-hybridized carbons (Fsp3) is 0.100. The molecule has 0 amide bonds. The topological polar surface area (TPSA) is 87.0 Å². The van der Waals surface area contributed by atoms with Crippen molar-refractivity contribution < 1.29 is 4.92 Å². The van der Waals surface area contributed by atoms with Crippen molar-refractivity contribution in [1.82, 2.24) is 9.78 Å². The van der Waals surface area contributed by atoms with Crippen LogP contribution in [0.5, 0.6) is 0 Å². The lowest BCUT2D eigenvalue weighted by Gasteiger charge is -2.04. The number of halogens is 1. The molecule has 2 aromatic rings. The number of hydrogen-bond donors (Lipinski definition) is 1. The number of nitro benzene ring substituents is 1. The third-order valence-corrected chi connectivity index (χ3v) is 2.60. The standard InChI is InChI=1S/C10H9ClN4O2/c1-6-4-10(12)13-14(6)7-2-3-8(11)9(5-7)15(16)17/h2-5H,1H3,(H2,12,13). The van der Waals surface area contributed by atoms with Crippen LogP contribution in [0.15, 0.2) is 24.3 Å². The van der Waals surface area contributed by atoms with E-state index in [1.807, 2.05) is 6.92 Å². The molecule has 7 heteroatoms. The third kappa shape index (κ3) is 2.07. The van der Waals surface area contributed by atoms with Crippen LogP contribution in [0, 0.1) is 17.0 Å². The Morgan fingerprint density at radius 3 is 2.71 bits per heavy atom. The Morgan fingerprint density at radius 2 is 2.18 bits per heavy atom. The Bertz CT molecular complexity index is 594. The van der Waals surface area contributed by atoms with E-state index in [1.54, 1.807) is 12.1 Å². The second-order valence-corrected chi connectivity index (χ2v) is 3.92. The molecule has 0 radical (unpaired) electrons. The van der Waals surface area contributed by atoms with Crippen LogP contribution in [0.3, 0.4) is 0 Å². The Labute approximate surface area is 102 Å². The second-order valence-electron chi connectivity index (χ2n) is 3.52. The summed E-state index contributed by atoms with van der Waals surface area (Å²) >= 11 is 5.73. The fourth-order valence-corrected chi connectivity index (χ4v) is 1.72. The van der Waals surface area contributed by atoms with Gasteiger partial charge in [0.25, 0.3) is 5.69 Å². The summed E-state index contributed by atoms with van der Waals surface area (Å²) in [6, 6.07) is 6.16. The molecule has 0 fully saturated rings. The molecule has 0 aliphatic carbocycles. The zero-order valence-corrected chi connectivity index (χ0v) is 9.68. The first-order valence-corrected chi connectivity index (χ1v) is 5.13. The monoisotopic (exact) mass is 252 g/mol. The lowest BCUT2D eigenvalue weighted by atomic mass is 10.3. The van der Waals surface area contributed by atoms with Crippen LogP contribution in [-0.2, 0) is 0 Å². The molecule has 1 aromatic heterocycles. The van der Waals surface area contributed by atoms with Crippen LogP contribution < -0.4 is 5.73 Å². The molecule has 0 saturated carbocycles. The van der Waals surface area contributed by atoms with E-state index in [4.69, 9.17) is 17.3 Å². The van der Waals surface area contributed by atoms with Gasteiger partial charge in [-0.1, -0.05) is 11.6 Å². The fourth-order valence-electron chi connectivity index (χ4n) is 1.53. The van der Waals surface area contributed by atoms with Gasteiger partial charge in [-0.15, -0.1) is 0 Å².